The summed E-state index contributed by atoms with van der Waals surface area (Å²) in [4.78, 5) is 23.6. The molecule has 116 valence electrons. The second-order valence-corrected chi connectivity index (χ2v) is 6.66. The molecule has 0 N–H and O–H groups in total. The summed E-state index contributed by atoms with van der Waals surface area (Å²) < 4.78 is 0. The van der Waals surface area contributed by atoms with E-state index in [4.69, 9.17) is 9.78 Å². The van der Waals surface area contributed by atoms with Gasteiger partial charge < -0.3 is 0 Å². The van der Waals surface area contributed by atoms with Gasteiger partial charge in [-0.2, -0.15) is 4.89 Å². The van der Waals surface area contributed by atoms with Crippen molar-refractivity contribution in [3.05, 3.63) is 60.2 Å². The van der Waals surface area contributed by atoms with Crippen molar-refractivity contribution < 1.29 is 19.6 Å². The molecule has 0 radical (unpaired) electrons. The Morgan fingerprint density at radius 2 is 1.59 bits per heavy atom. The van der Waals surface area contributed by atoms with E-state index in [-0.39, 0.29) is 0 Å². The van der Waals surface area contributed by atoms with Gasteiger partial charge in [0.05, 0.1) is 11.2 Å². The molecule has 0 atom stereocenters. The molecular formula is C17H18O4S. The van der Waals surface area contributed by atoms with Crippen LogP contribution in [0.15, 0.2) is 64.4 Å². The normalized spacial score (nSPS) is 11.2. The van der Waals surface area contributed by atoms with Crippen molar-refractivity contribution in [3.63, 3.8) is 0 Å². The third-order valence-electron chi connectivity index (χ3n) is 2.47. The summed E-state index contributed by atoms with van der Waals surface area (Å²) in [5.74, 6) is -0.594. The lowest BCUT2D eigenvalue weighted by Gasteiger charge is -2.15. The fourth-order valence-corrected chi connectivity index (χ4v) is 2.49. The topological polar surface area (TPSA) is 44.8 Å². The van der Waals surface area contributed by atoms with Gasteiger partial charge in [-0.05, 0) is 50.1 Å². The molecule has 4 nitrogen and oxygen atoms in total. The summed E-state index contributed by atoms with van der Waals surface area (Å²) in [6.45, 7) is 5.38. The Bertz CT molecular complexity index is 620. The summed E-state index contributed by atoms with van der Waals surface area (Å²) in [7, 11) is 0. The van der Waals surface area contributed by atoms with Gasteiger partial charge in [0.15, 0.2) is 0 Å². The van der Waals surface area contributed by atoms with E-state index >= 15 is 0 Å². The Morgan fingerprint density at radius 1 is 0.955 bits per heavy atom. The highest BCUT2D eigenvalue weighted by Gasteiger charge is 2.17. The summed E-state index contributed by atoms with van der Waals surface area (Å²) in [5, 5.41) is 4.56. The van der Waals surface area contributed by atoms with Gasteiger partial charge >= 0.3 is 5.97 Å². The van der Waals surface area contributed by atoms with E-state index in [1.165, 1.54) is 11.8 Å². The van der Waals surface area contributed by atoms with Crippen LogP contribution >= 0.6 is 11.8 Å². The van der Waals surface area contributed by atoms with Gasteiger partial charge in [-0.3, -0.25) is 4.89 Å². The van der Waals surface area contributed by atoms with E-state index in [2.05, 4.69) is 5.04 Å². The van der Waals surface area contributed by atoms with Crippen molar-refractivity contribution in [3.8, 4) is 0 Å². The van der Waals surface area contributed by atoms with Gasteiger partial charge in [0, 0.05) is 9.79 Å². The molecule has 22 heavy (non-hydrogen) atoms. The second-order valence-electron chi connectivity index (χ2n) is 5.55. The molecular weight excluding hydrogens is 300 g/mol. The number of carbonyl (C=O) groups excluding carboxylic acids is 1. The van der Waals surface area contributed by atoms with Gasteiger partial charge in [-0.15, -0.1) is 0 Å². The SMILES string of the molecule is CC(C)(C)OOOC(=O)c1ccccc1Sc1ccccc1. The molecule has 5 heteroatoms. The number of rotatable bonds is 5. The van der Waals surface area contributed by atoms with Crippen LogP contribution in [0.5, 0.6) is 0 Å². The summed E-state index contributed by atoms with van der Waals surface area (Å²) in [5.41, 5.74) is -0.132. The number of benzene rings is 2. The Balaban J connectivity index is 2.06. The zero-order chi connectivity index (χ0) is 16.0. The Morgan fingerprint density at radius 3 is 2.27 bits per heavy atom. The largest absolute Gasteiger partial charge is 0.377 e. The highest BCUT2D eigenvalue weighted by atomic mass is 32.2. The molecule has 0 heterocycles. The van der Waals surface area contributed by atoms with Crippen LogP contribution in [0.2, 0.25) is 0 Å². The quantitative estimate of drug-likeness (QED) is 0.593. The Hall–Kier alpha value is -1.82. The highest BCUT2D eigenvalue weighted by molar-refractivity contribution is 7.99. The summed E-state index contributed by atoms with van der Waals surface area (Å²) >= 11 is 1.48. The minimum atomic E-state index is -0.594. The monoisotopic (exact) mass is 318 g/mol. The van der Waals surface area contributed by atoms with E-state index in [1.807, 2.05) is 42.5 Å². The van der Waals surface area contributed by atoms with E-state index in [1.54, 1.807) is 32.9 Å². The predicted molar refractivity (Wildman–Crippen MR) is 84.3 cm³/mol. The first kappa shape index (κ1) is 16.5. The minimum Gasteiger partial charge on any atom is -0.263 e. The van der Waals surface area contributed by atoms with Crippen LogP contribution < -0.4 is 0 Å². The minimum absolute atomic E-state index is 0.425. The Labute approximate surface area is 134 Å². The van der Waals surface area contributed by atoms with Gasteiger partial charge in [0.2, 0.25) is 0 Å². The fourth-order valence-electron chi connectivity index (χ4n) is 1.53. The molecule has 0 amide bonds. The first-order valence-corrected chi connectivity index (χ1v) is 7.66. The standard InChI is InChI=1S/C17H18O4S/c1-17(2,3)20-21-19-16(18)14-11-7-8-12-15(14)22-13-9-5-4-6-10-13/h4-12H,1-3H3. The highest BCUT2D eigenvalue weighted by Crippen LogP contribution is 2.30. The summed E-state index contributed by atoms with van der Waals surface area (Å²) in [6, 6.07) is 17.0. The molecule has 0 aliphatic heterocycles. The van der Waals surface area contributed by atoms with Crippen molar-refractivity contribution in [2.45, 2.75) is 36.2 Å². The molecule has 0 fully saturated rings. The molecule has 0 unspecified atom stereocenters. The van der Waals surface area contributed by atoms with Crippen LogP contribution in [0.4, 0.5) is 0 Å². The van der Waals surface area contributed by atoms with Crippen LogP contribution in [0, 0.1) is 0 Å². The molecule has 0 saturated heterocycles. The predicted octanol–water partition coefficient (Wildman–Crippen LogP) is 4.66. The van der Waals surface area contributed by atoms with E-state index in [0.717, 1.165) is 9.79 Å². The van der Waals surface area contributed by atoms with Crippen molar-refractivity contribution in [1.29, 1.82) is 0 Å². The first-order valence-electron chi connectivity index (χ1n) is 6.84. The maximum Gasteiger partial charge on any atom is 0.377 e. The van der Waals surface area contributed by atoms with Crippen molar-refractivity contribution in [2.75, 3.05) is 0 Å². The zero-order valence-corrected chi connectivity index (χ0v) is 13.6. The number of hydrogen-bond acceptors (Lipinski definition) is 5. The van der Waals surface area contributed by atoms with Gasteiger partial charge in [-0.25, -0.2) is 4.79 Å². The maximum absolute atomic E-state index is 12.1. The zero-order valence-electron chi connectivity index (χ0n) is 12.7. The smallest absolute Gasteiger partial charge is 0.263 e. The molecule has 2 aromatic carbocycles. The van der Waals surface area contributed by atoms with Crippen LogP contribution in [0.3, 0.4) is 0 Å². The van der Waals surface area contributed by atoms with Crippen LogP contribution in [0.25, 0.3) is 0 Å². The van der Waals surface area contributed by atoms with Gasteiger partial charge in [-0.1, -0.05) is 42.1 Å². The lowest BCUT2D eigenvalue weighted by atomic mass is 10.2. The number of hydrogen-bond donors (Lipinski definition) is 0. The molecule has 0 aromatic heterocycles. The van der Waals surface area contributed by atoms with Crippen molar-refractivity contribution in [1.82, 2.24) is 0 Å². The first-order chi connectivity index (χ1) is 10.5. The molecule has 2 aromatic rings. The summed E-state index contributed by atoms with van der Waals surface area (Å²) in [6.07, 6.45) is 0. The fraction of sp³-hybridized carbons (Fsp3) is 0.235. The lowest BCUT2D eigenvalue weighted by Crippen LogP contribution is -2.21. The van der Waals surface area contributed by atoms with Crippen LogP contribution in [-0.4, -0.2) is 11.6 Å². The van der Waals surface area contributed by atoms with E-state index < -0.39 is 11.6 Å². The molecule has 0 bridgehead atoms. The third-order valence-corrected chi connectivity index (χ3v) is 3.56. The van der Waals surface area contributed by atoms with Gasteiger partial charge in [0.1, 0.15) is 0 Å². The van der Waals surface area contributed by atoms with Gasteiger partial charge in [0.25, 0.3) is 0 Å². The molecule has 0 aliphatic carbocycles. The molecule has 0 saturated carbocycles. The van der Waals surface area contributed by atoms with Crippen molar-refractivity contribution >= 4 is 17.7 Å². The average molecular weight is 318 g/mol. The molecule has 0 aliphatic rings. The molecule has 2 rings (SSSR count). The van der Waals surface area contributed by atoms with Crippen molar-refractivity contribution in [2.24, 2.45) is 0 Å². The average Bonchev–Trinajstić information content (AvgIpc) is 2.47. The maximum atomic E-state index is 12.1. The van der Waals surface area contributed by atoms with E-state index in [0.29, 0.717) is 5.56 Å². The van der Waals surface area contributed by atoms with E-state index in [9.17, 15) is 4.79 Å². The second kappa shape index (κ2) is 7.45. The third kappa shape index (κ3) is 5.18. The van der Waals surface area contributed by atoms with Crippen LogP contribution in [0.1, 0.15) is 31.1 Å². The Kier molecular flexibility index (Phi) is 5.60. The lowest BCUT2D eigenvalue weighted by molar-refractivity contribution is -0.510. The van der Waals surface area contributed by atoms with Crippen LogP contribution in [-0.2, 0) is 14.8 Å². The molecule has 0 spiro atoms. The number of carbonyl (C=O) groups is 1.